The number of hydrogen-bond acceptors (Lipinski definition) is 6. The molecule has 2 aromatic rings. The van der Waals surface area contributed by atoms with E-state index in [2.05, 4.69) is 26.1 Å². The highest BCUT2D eigenvalue weighted by atomic mass is 16.5. The van der Waals surface area contributed by atoms with Crippen LogP contribution >= 0.6 is 0 Å². The summed E-state index contributed by atoms with van der Waals surface area (Å²) in [6, 6.07) is 8.40. The van der Waals surface area contributed by atoms with Gasteiger partial charge in [-0.3, -0.25) is 14.9 Å². The number of aromatic nitrogens is 2. The zero-order chi connectivity index (χ0) is 18.4. The minimum Gasteiger partial charge on any atom is -0.354 e. The highest BCUT2D eigenvalue weighted by molar-refractivity contribution is 5.98. The quantitative estimate of drug-likeness (QED) is 0.683. The molecule has 0 unspecified atom stereocenters. The first-order valence-electron chi connectivity index (χ1n) is 8.33. The Bertz CT molecular complexity index is 789. The summed E-state index contributed by atoms with van der Waals surface area (Å²) >= 11 is 0. The van der Waals surface area contributed by atoms with Gasteiger partial charge in [-0.1, -0.05) is 35.5 Å². The number of carbonyl (C=O) groups excluding carboxylic acids is 3. The number of amides is 4. The van der Waals surface area contributed by atoms with Crippen LogP contribution in [-0.2, 0) is 22.4 Å². The Kier molecular flexibility index (Phi) is 5.57. The molecule has 1 aromatic carbocycles. The first kappa shape index (κ1) is 17.6. The average Bonchev–Trinajstić information content (AvgIpc) is 2.98. The topological polar surface area (TPSA) is 126 Å². The molecule has 1 aliphatic heterocycles. The number of hydrogen-bond donors (Lipinski definition) is 3. The van der Waals surface area contributed by atoms with Gasteiger partial charge < -0.3 is 15.2 Å². The molecule has 136 valence electrons. The van der Waals surface area contributed by atoms with Gasteiger partial charge in [0.25, 0.3) is 0 Å². The maximum atomic E-state index is 12.1. The minimum absolute atomic E-state index is 0.114. The van der Waals surface area contributed by atoms with E-state index < -0.39 is 18.0 Å². The van der Waals surface area contributed by atoms with Gasteiger partial charge in [-0.2, -0.15) is 4.98 Å². The molecule has 2 heterocycles. The third-order valence-electron chi connectivity index (χ3n) is 3.89. The molecule has 1 aromatic heterocycles. The van der Waals surface area contributed by atoms with Crippen molar-refractivity contribution in [3.63, 3.8) is 0 Å². The van der Waals surface area contributed by atoms with E-state index in [0.717, 1.165) is 5.56 Å². The summed E-state index contributed by atoms with van der Waals surface area (Å²) in [5, 5.41) is 11.2. The van der Waals surface area contributed by atoms with E-state index in [1.54, 1.807) is 0 Å². The molecule has 1 atom stereocenters. The van der Waals surface area contributed by atoms with Gasteiger partial charge in [0.2, 0.25) is 17.7 Å². The number of urea groups is 1. The Hall–Kier alpha value is -3.23. The molecule has 0 spiro atoms. The zero-order valence-electron chi connectivity index (χ0n) is 14.0. The lowest BCUT2D eigenvalue weighted by molar-refractivity contribution is -0.123. The van der Waals surface area contributed by atoms with E-state index in [1.807, 2.05) is 30.3 Å². The average molecular weight is 357 g/mol. The van der Waals surface area contributed by atoms with Crippen molar-refractivity contribution in [3.05, 3.63) is 47.6 Å². The van der Waals surface area contributed by atoms with E-state index in [9.17, 15) is 14.4 Å². The number of nitrogens with one attached hydrogen (secondary N) is 3. The first-order valence-corrected chi connectivity index (χ1v) is 8.33. The fraction of sp³-hybridized carbons (Fsp3) is 0.353. The van der Waals surface area contributed by atoms with Gasteiger partial charge in [0.1, 0.15) is 6.04 Å². The third-order valence-corrected chi connectivity index (χ3v) is 3.89. The minimum atomic E-state index is -0.738. The lowest BCUT2D eigenvalue weighted by Gasteiger charge is -2.14. The molecular weight excluding hydrogens is 338 g/mol. The largest absolute Gasteiger partial charge is 0.354 e. The van der Waals surface area contributed by atoms with Crippen LogP contribution in [0.25, 0.3) is 0 Å². The molecular formula is C17H19N5O4. The Morgan fingerprint density at radius 2 is 2.08 bits per heavy atom. The second kappa shape index (κ2) is 8.24. The summed E-state index contributed by atoms with van der Waals surface area (Å²) in [6.07, 6.45) is 1.33. The molecule has 0 bridgehead atoms. The lowest BCUT2D eigenvalue weighted by atomic mass is 10.1. The monoisotopic (exact) mass is 357 g/mol. The Labute approximate surface area is 149 Å². The Balaban J connectivity index is 1.45. The van der Waals surface area contributed by atoms with Gasteiger partial charge >= 0.3 is 6.03 Å². The predicted octanol–water partition coefficient (Wildman–Crippen LogP) is 0.307. The number of rotatable bonds is 6. The predicted molar refractivity (Wildman–Crippen MR) is 90.0 cm³/mol. The van der Waals surface area contributed by atoms with Crippen LogP contribution in [0, 0.1) is 0 Å². The van der Waals surface area contributed by atoms with Crippen molar-refractivity contribution < 1.29 is 18.9 Å². The van der Waals surface area contributed by atoms with E-state index in [-0.39, 0.29) is 18.7 Å². The van der Waals surface area contributed by atoms with E-state index >= 15 is 0 Å². The zero-order valence-corrected chi connectivity index (χ0v) is 14.0. The van der Waals surface area contributed by atoms with Gasteiger partial charge in [-0.15, -0.1) is 0 Å². The summed E-state index contributed by atoms with van der Waals surface area (Å²) in [4.78, 5) is 39.1. The second-order valence-corrected chi connectivity index (χ2v) is 5.92. The molecule has 26 heavy (non-hydrogen) atoms. The van der Waals surface area contributed by atoms with Gasteiger partial charge in [-0.05, 0) is 12.0 Å². The van der Waals surface area contributed by atoms with Crippen LogP contribution in [0.1, 0.15) is 30.1 Å². The normalized spacial score (nSPS) is 17.2. The molecule has 3 N–H and O–H groups in total. The fourth-order valence-electron chi connectivity index (χ4n) is 2.59. The SMILES string of the molecule is O=C1CC[C@@H](C(=O)NCCc2nc(Cc3ccccc3)no2)NC(=O)N1. The molecule has 1 aliphatic rings. The van der Waals surface area contributed by atoms with Gasteiger partial charge in [0.05, 0.1) is 0 Å². The standard InChI is InChI=1S/C17H19N5O4/c23-14-7-6-12(19-17(25)21-14)16(24)18-9-8-15-20-13(22-26-15)10-11-4-2-1-3-5-11/h1-5,12H,6-10H2,(H,18,24)(H2,19,21,23,25)/t12-/m0/s1. The maximum absolute atomic E-state index is 12.1. The van der Waals surface area contributed by atoms with Crippen molar-refractivity contribution in [3.8, 4) is 0 Å². The van der Waals surface area contributed by atoms with Crippen molar-refractivity contribution in [1.29, 1.82) is 0 Å². The van der Waals surface area contributed by atoms with Crippen molar-refractivity contribution in [2.24, 2.45) is 0 Å². The van der Waals surface area contributed by atoms with Crippen LogP contribution in [0.15, 0.2) is 34.9 Å². The van der Waals surface area contributed by atoms with Crippen molar-refractivity contribution in [2.45, 2.75) is 31.7 Å². The lowest BCUT2D eigenvalue weighted by Crippen LogP contribution is -2.48. The Morgan fingerprint density at radius 1 is 1.27 bits per heavy atom. The molecule has 0 radical (unpaired) electrons. The van der Waals surface area contributed by atoms with Crippen molar-refractivity contribution in [1.82, 2.24) is 26.1 Å². The molecule has 0 saturated carbocycles. The summed E-state index contributed by atoms with van der Waals surface area (Å²) in [5.74, 6) is 0.268. The molecule has 9 heteroatoms. The summed E-state index contributed by atoms with van der Waals surface area (Å²) in [5.41, 5.74) is 1.08. The molecule has 9 nitrogen and oxygen atoms in total. The Morgan fingerprint density at radius 3 is 2.88 bits per heavy atom. The maximum Gasteiger partial charge on any atom is 0.322 e. The highest BCUT2D eigenvalue weighted by Gasteiger charge is 2.25. The van der Waals surface area contributed by atoms with Crippen LogP contribution in [0.5, 0.6) is 0 Å². The fourth-order valence-corrected chi connectivity index (χ4v) is 2.59. The van der Waals surface area contributed by atoms with Gasteiger partial charge in [0, 0.05) is 25.8 Å². The summed E-state index contributed by atoms with van der Waals surface area (Å²) < 4.78 is 5.18. The molecule has 0 aliphatic carbocycles. The van der Waals surface area contributed by atoms with Crippen molar-refractivity contribution >= 4 is 17.8 Å². The number of nitrogens with zero attached hydrogens (tertiary/aromatic N) is 2. The number of benzene rings is 1. The van der Waals surface area contributed by atoms with Gasteiger partial charge in [-0.25, -0.2) is 4.79 Å². The number of imide groups is 1. The van der Waals surface area contributed by atoms with Crippen LogP contribution in [-0.4, -0.2) is 40.6 Å². The van der Waals surface area contributed by atoms with Crippen LogP contribution in [0.3, 0.4) is 0 Å². The second-order valence-electron chi connectivity index (χ2n) is 5.92. The van der Waals surface area contributed by atoms with Crippen LogP contribution in [0.4, 0.5) is 4.79 Å². The van der Waals surface area contributed by atoms with E-state index in [1.165, 1.54) is 0 Å². The van der Waals surface area contributed by atoms with Crippen molar-refractivity contribution in [2.75, 3.05) is 6.54 Å². The van der Waals surface area contributed by atoms with Gasteiger partial charge in [0.15, 0.2) is 5.82 Å². The molecule has 4 amide bonds. The summed E-state index contributed by atoms with van der Waals surface area (Å²) in [7, 11) is 0. The first-order chi connectivity index (χ1) is 12.6. The smallest absolute Gasteiger partial charge is 0.322 e. The van der Waals surface area contributed by atoms with E-state index in [0.29, 0.717) is 31.1 Å². The number of carbonyl (C=O) groups is 3. The molecule has 3 rings (SSSR count). The summed E-state index contributed by atoms with van der Waals surface area (Å²) in [6.45, 7) is 0.291. The van der Waals surface area contributed by atoms with Crippen LogP contribution < -0.4 is 16.0 Å². The van der Waals surface area contributed by atoms with Crippen LogP contribution in [0.2, 0.25) is 0 Å². The highest BCUT2D eigenvalue weighted by Crippen LogP contribution is 2.07. The molecule has 1 fully saturated rings. The third kappa shape index (κ3) is 4.88. The molecule has 1 saturated heterocycles. The van der Waals surface area contributed by atoms with E-state index in [4.69, 9.17) is 4.52 Å².